The molecule has 0 aromatic heterocycles. The summed E-state index contributed by atoms with van der Waals surface area (Å²) in [5.41, 5.74) is -0.450. The summed E-state index contributed by atoms with van der Waals surface area (Å²) in [6.45, 7) is 7.00. The minimum atomic E-state index is -0.450. The number of esters is 1. The first-order valence-corrected chi connectivity index (χ1v) is 7.03. The van der Waals surface area contributed by atoms with Gasteiger partial charge in [0.1, 0.15) is 5.60 Å². The van der Waals surface area contributed by atoms with E-state index in [4.69, 9.17) is 4.74 Å². The second kappa shape index (κ2) is 7.31. The molecule has 0 atom stereocenters. The van der Waals surface area contributed by atoms with Gasteiger partial charge in [0.2, 0.25) is 0 Å². The Balaban J connectivity index is 2.33. The van der Waals surface area contributed by atoms with Crippen molar-refractivity contribution in [2.45, 2.75) is 45.6 Å². The summed E-state index contributed by atoms with van der Waals surface area (Å²) >= 11 is 0. The maximum absolute atomic E-state index is 11.9. The Bertz CT molecular complexity index is 363. The van der Waals surface area contributed by atoms with Crippen LogP contribution < -0.4 is 0 Å². The number of carbonyl (C=O) groups excluding carboxylic acids is 2. The van der Waals surface area contributed by atoms with Crippen molar-refractivity contribution < 1.29 is 19.1 Å². The van der Waals surface area contributed by atoms with Crippen LogP contribution in [-0.4, -0.2) is 42.8 Å². The number of methoxy groups -OCH3 is 1. The fourth-order valence-corrected chi connectivity index (χ4v) is 2.04. The van der Waals surface area contributed by atoms with Crippen LogP contribution in [0.15, 0.2) is 12.2 Å². The predicted octanol–water partition coefficient (Wildman–Crippen LogP) is 2.75. The number of hydrogen-bond acceptors (Lipinski definition) is 4. The predicted molar refractivity (Wildman–Crippen MR) is 76.3 cm³/mol. The molecule has 0 bridgehead atoms. The molecule has 1 fully saturated rings. The second-order valence-corrected chi connectivity index (χ2v) is 6.01. The van der Waals surface area contributed by atoms with Gasteiger partial charge < -0.3 is 14.4 Å². The van der Waals surface area contributed by atoms with Crippen LogP contribution in [0.2, 0.25) is 0 Å². The van der Waals surface area contributed by atoms with Crippen LogP contribution in [0.3, 0.4) is 0 Å². The SMILES string of the molecule is COC(=O)C/C=C/C1CCN(C(=O)OC(C)(C)C)CC1. The zero-order chi connectivity index (χ0) is 15.2. The van der Waals surface area contributed by atoms with Crippen LogP contribution >= 0.6 is 0 Å². The zero-order valence-electron chi connectivity index (χ0n) is 12.8. The summed E-state index contributed by atoms with van der Waals surface area (Å²) in [4.78, 5) is 24.6. The van der Waals surface area contributed by atoms with Crippen LogP contribution in [0.1, 0.15) is 40.0 Å². The lowest BCUT2D eigenvalue weighted by Gasteiger charge is -2.32. The van der Waals surface area contributed by atoms with Crippen molar-refractivity contribution in [3.8, 4) is 0 Å². The molecule has 1 heterocycles. The first-order chi connectivity index (χ1) is 9.31. The number of likely N-dealkylation sites (tertiary alicyclic amines) is 1. The zero-order valence-corrected chi connectivity index (χ0v) is 12.8. The third-order valence-electron chi connectivity index (χ3n) is 3.11. The van der Waals surface area contributed by atoms with Crippen molar-refractivity contribution in [2.75, 3.05) is 20.2 Å². The lowest BCUT2D eigenvalue weighted by atomic mass is 9.96. The number of allylic oxidation sites excluding steroid dienone is 1. The average molecular weight is 283 g/mol. The number of carbonyl (C=O) groups is 2. The first kappa shape index (κ1) is 16.5. The van der Waals surface area contributed by atoms with Crippen molar-refractivity contribution in [3.63, 3.8) is 0 Å². The van der Waals surface area contributed by atoms with Gasteiger partial charge in [0.05, 0.1) is 13.5 Å². The summed E-state index contributed by atoms with van der Waals surface area (Å²) in [5.74, 6) is 0.186. The Kier molecular flexibility index (Phi) is 6.05. The minimum Gasteiger partial charge on any atom is -0.469 e. The van der Waals surface area contributed by atoms with E-state index in [-0.39, 0.29) is 12.1 Å². The van der Waals surface area contributed by atoms with Crippen LogP contribution in [0.5, 0.6) is 0 Å². The molecule has 0 aromatic carbocycles. The standard InChI is InChI=1S/C15H25NO4/c1-15(2,3)20-14(18)16-10-8-12(9-11-16)6-5-7-13(17)19-4/h5-6,12H,7-11H2,1-4H3/b6-5+. The van der Waals surface area contributed by atoms with Crippen molar-refractivity contribution in [3.05, 3.63) is 12.2 Å². The molecule has 1 amide bonds. The highest BCUT2D eigenvalue weighted by molar-refractivity contribution is 5.70. The molecule has 0 N–H and O–H groups in total. The van der Waals surface area contributed by atoms with Gasteiger partial charge in [-0.2, -0.15) is 0 Å². The van der Waals surface area contributed by atoms with Gasteiger partial charge in [-0.1, -0.05) is 12.2 Å². The second-order valence-electron chi connectivity index (χ2n) is 6.01. The Morgan fingerprint density at radius 1 is 1.25 bits per heavy atom. The summed E-state index contributed by atoms with van der Waals surface area (Å²) in [7, 11) is 1.38. The number of amides is 1. The molecule has 1 saturated heterocycles. The Morgan fingerprint density at radius 2 is 1.85 bits per heavy atom. The normalized spacial score (nSPS) is 17.3. The number of ether oxygens (including phenoxy) is 2. The Labute approximate surface area is 120 Å². The van der Waals surface area contributed by atoms with Gasteiger partial charge in [0, 0.05) is 13.1 Å². The molecule has 0 aromatic rings. The molecule has 0 spiro atoms. The van der Waals surface area contributed by atoms with E-state index in [9.17, 15) is 9.59 Å². The highest BCUT2D eigenvalue weighted by Gasteiger charge is 2.25. The van der Waals surface area contributed by atoms with Gasteiger partial charge in [-0.25, -0.2) is 4.79 Å². The van der Waals surface area contributed by atoms with Gasteiger partial charge in [0.25, 0.3) is 0 Å². The molecule has 1 aliphatic heterocycles. The van der Waals surface area contributed by atoms with E-state index < -0.39 is 5.60 Å². The lowest BCUT2D eigenvalue weighted by molar-refractivity contribution is -0.139. The topological polar surface area (TPSA) is 55.8 Å². The summed E-state index contributed by atoms with van der Waals surface area (Å²) in [6, 6.07) is 0. The van der Waals surface area contributed by atoms with E-state index in [0.717, 1.165) is 12.8 Å². The van der Waals surface area contributed by atoms with Gasteiger partial charge in [0.15, 0.2) is 0 Å². The molecule has 0 saturated carbocycles. The fourth-order valence-electron chi connectivity index (χ4n) is 2.04. The molecule has 114 valence electrons. The molecule has 1 aliphatic rings. The van der Waals surface area contributed by atoms with Crippen LogP contribution in [0, 0.1) is 5.92 Å². The van der Waals surface area contributed by atoms with Gasteiger partial charge >= 0.3 is 12.1 Å². The van der Waals surface area contributed by atoms with Gasteiger partial charge in [-0.15, -0.1) is 0 Å². The largest absolute Gasteiger partial charge is 0.469 e. The molecule has 0 radical (unpaired) electrons. The third kappa shape index (κ3) is 6.08. The van der Waals surface area contributed by atoms with Crippen LogP contribution in [0.25, 0.3) is 0 Å². The summed E-state index contributed by atoms with van der Waals surface area (Å²) in [5, 5.41) is 0. The summed E-state index contributed by atoms with van der Waals surface area (Å²) < 4.78 is 9.92. The number of rotatable bonds is 3. The monoisotopic (exact) mass is 283 g/mol. The van der Waals surface area contributed by atoms with Crippen molar-refractivity contribution in [2.24, 2.45) is 5.92 Å². The molecule has 20 heavy (non-hydrogen) atoms. The highest BCUT2D eigenvalue weighted by Crippen LogP contribution is 2.20. The smallest absolute Gasteiger partial charge is 0.410 e. The Hall–Kier alpha value is -1.52. The molecule has 1 rings (SSSR count). The van der Waals surface area contributed by atoms with Gasteiger partial charge in [-0.3, -0.25) is 4.79 Å². The quantitative estimate of drug-likeness (QED) is 0.590. The molecular formula is C15H25NO4. The molecular weight excluding hydrogens is 258 g/mol. The number of nitrogens with zero attached hydrogens (tertiary/aromatic N) is 1. The third-order valence-corrected chi connectivity index (χ3v) is 3.11. The highest BCUT2D eigenvalue weighted by atomic mass is 16.6. The molecule has 5 heteroatoms. The molecule has 0 aliphatic carbocycles. The molecule has 0 unspecified atom stereocenters. The van der Waals surface area contributed by atoms with E-state index in [1.54, 1.807) is 4.90 Å². The molecule has 5 nitrogen and oxygen atoms in total. The van der Waals surface area contributed by atoms with Gasteiger partial charge in [-0.05, 0) is 39.5 Å². The van der Waals surface area contributed by atoms with E-state index in [1.165, 1.54) is 7.11 Å². The minimum absolute atomic E-state index is 0.229. The maximum Gasteiger partial charge on any atom is 0.410 e. The number of piperidine rings is 1. The van der Waals surface area contributed by atoms with E-state index in [2.05, 4.69) is 4.74 Å². The van der Waals surface area contributed by atoms with Crippen molar-refractivity contribution in [1.82, 2.24) is 4.90 Å². The fraction of sp³-hybridized carbons (Fsp3) is 0.733. The first-order valence-electron chi connectivity index (χ1n) is 7.03. The lowest BCUT2D eigenvalue weighted by Crippen LogP contribution is -2.41. The summed E-state index contributed by atoms with van der Waals surface area (Å²) in [6.07, 6.45) is 5.76. The van der Waals surface area contributed by atoms with Crippen LogP contribution in [-0.2, 0) is 14.3 Å². The maximum atomic E-state index is 11.9. The average Bonchev–Trinajstić information content (AvgIpc) is 2.37. The van der Waals surface area contributed by atoms with E-state index in [1.807, 2.05) is 32.9 Å². The van der Waals surface area contributed by atoms with Crippen molar-refractivity contribution in [1.29, 1.82) is 0 Å². The van der Waals surface area contributed by atoms with E-state index >= 15 is 0 Å². The Morgan fingerprint density at radius 3 is 2.35 bits per heavy atom. The van der Waals surface area contributed by atoms with Crippen LogP contribution in [0.4, 0.5) is 4.79 Å². The number of hydrogen-bond donors (Lipinski definition) is 0. The van der Waals surface area contributed by atoms with E-state index in [0.29, 0.717) is 25.4 Å². The van der Waals surface area contributed by atoms with Crippen molar-refractivity contribution >= 4 is 12.1 Å².